The highest BCUT2D eigenvalue weighted by atomic mass is 79.9. The lowest BCUT2D eigenvalue weighted by Crippen LogP contribution is -2.47. The number of nitrogens with one attached hydrogen (secondary N) is 1. The molecular formula is C16H25BrN4. The van der Waals surface area contributed by atoms with Crippen molar-refractivity contribution < 1.29 is 0 Å². The van der Waals surface area contributed by atoms with Crippen LogP contribution in [0.5, 0.6) is 0 Å². The molecule has 1 aliphatic carbocycles. The highest BCUT2D eigenvalue weighted by Gasteiger charge is 2.23. The molecule has 0 amide bonds. The minimum absolute atomic E-state index is 0.734. The molecule has 0 atom stereocenters. The van der Waals surface area contributed by atoms with Crippen molar-refractivity contribution in [3.8, 4) is 0 Å². The Morgan fingerprint density at radius 2 is 2.05 bits per heavy atom. The second-order valence-electron chi connectivity index (χ2n) is 6.12. The normalized spacial score (nSPS) is 20.0. The third-order valence-electron chi connectivity index (χ3n) is 4.28. The average Bonchev–Trinajstić information content (AvgIpc) is 3.31. The van der Waals surface area contributed by atoms with E-state index in [9.17, 15) is 0 Å². The predicted octanol–water partition coefficient (Wildman–Crippen LogP) is 2.63. The highest BCUT2D eigenvalue weighted by molar-refractivity contribution is 9.10. The lowest BCUT2D eigenvalue weighted by atomic mass is 10.2. The number of aromatic nitrogens is 1. The van der Waals surface area contributed by atoms with Gasteiger partial charge in [0.05, 0.1) is 0 Å². The van der Waals surface area contributed by atoms with Gasteiger partial charge >= 0.3 is 0 Å². The second kappa shape index (κ2) is 7.07. The summed E-state index contributed by atoms with van der Waals surface area (Å²) in [6.45, 7) is 8.89. The van der Waals surface area contributed by atoms with Gasteiger partial charge in [0.1, 0.15) is 5.82 Å². The summed E-state index contributed by atoms with van der Waals surface area (Å²) >= 11 is 3.56. The molecule has 0 aromatic carbocycles. The Balaban J connectivity index is 1.66. The quantitative estimate of drug-likeness (QED) is 0.852. The maximum Gasteiger partial charge on any atom is 0.133 e. The van der Waals surface area contributed by atoms with E-state index in [1.807, 2.05) is 6.20 Å². The molecule has 0 bridgehead atoms. The first kappa shape index (κ1) is 15.3. The topological polar surface area (TPSA) is 31.4 Å². The highest BCUT2D eigenvalue weighted by Crippen LogP contribution is 2.25. The van der Waals surface area contributed by atoms with Gasteiger partial charge in [-0.05, 0) is 47.8 Å². The fourth-order valence-electron chi connectivity index (χ4n) is 2.93. The molecule has 2 aliphatic rings. The third-order valence-corrected chi connectivity index (χ3v) is 4.71. The minimum Gasteiger partial charge on any atom is -0.354 e. The zero-order valence-electron chi connectivity index (χ0n) is 12.8. The van der Waals surface area contributed by atoms with E-state index in [0.29, 0.717) is 0 Å². The molecule has 2 fully saturated rings. The standard InChI is InChI=1S/C16H25BrN4/c1-2-5-20-6-8-21(9-7-20)16-13(10-14(17)12-19-16)11-18-15-3-4-15/h10,12,15,18H,2-9,11H2,1H3. The van der Waals surface area contributed by atoms with Gasteiger partial charge in [0.15, 0.2) is 0 Å². The van der Waals surface area contributed by atoms with Crippen LogP contribution in [-0.4, -0.2) is 48.6 Å². The van der Waals surface area contributed by atoms with E-state index in [2.05, 4.69) is 44.0 Å². The number of piperazine rings is 1. The van der Waals surface area contributed by atoms with Gasteiger partial charge in [-0.15, -0.1) is 0 Å². The number of rotatable bonds is 6. The molecule has 2 heterocycles. The Labute approximate surface area is 136 Å². The number of halogens is 1. The summed E-state index contributed by atoms with van der Waals surface area (Å²) in [4.78, 5) is 9.69. The Morgan fingerprint density at radius 1 is 1.29 bits per heavy atom. The summed E-state index contributed by atoms with van der Waals surface area (Å²) in [6, 6.07) is 2.95. The molecule has 1 N–H and O–H groups in total. The zero-order chi connectivity index (χ0) is 14.7. The molecule has 0 radical (unpaired) electrons. The van der Waals surface area contributed by atoms with E-state index in [0.717, 1.165) is 43.2 Å². The van der Waals surface area contributed by atoms with E-state index >= 15 is 0 Å². The molecule has 116 valence electrons. The lowest BCUT2D eigenvalue weighted by Gasteiger charge is -2.36. The largest absolute Gasteiger partial charge is 0.354 e. The molecule has 1 saturated carbocycles. The van der Waals surface area contributed by atoms with Gasteiger partial charge in [0.2, 0.25) is 0 Å². The van der Waals surface area contributed by atoms with Crippen LogP contribution in [0.15, 0.2) is 16.7 Å². The van der Waals surface area contributed by atoms with Crippen molar-refractivity contribution >= 4 is 21.7 Å². The van der Waals surface area contributed by atoms with Gasteiger partial charge in [-0.2, -0.15) is 0 Å². The molecule has 1 aromatic heterocycles. The summed E-state index contributed by atoms with van der Waals surface area (Å²) in [7, 11) is 0. The molecular weight excluding hydrogens is 328 g/mol. The molecule has 4 nitrogen and oxygen atoms in total. The van der Waals surface area contributed by atoms with Crippen molar-refractivity contribution in [2.75, 3.05) is 37.6 Å². The maximum absolute atomic E-state index is 4.69. The number of pyridine rings is 1. The molecule has 3 rings (SSSR count). The van der Waals surface area contributed by atoms with Gasteiger partial charge in [-0.3, -0.25) is 4.90 Å². The summed E-state index contributed by atoms with van der Waals surface area (Å²) in [5.41, 5.74) is 1.32. The first-order valence-electron chi connectivity index (χ1n) is 8.11. The van der Waals surface area contributed by atoms with Gasteiger partial charge in [-0.25, -0.2) is 4.98 Å². The Morgan fingerprint density at radius 3 is 2.71 bits per heavy atom. The SMILES string of the molecule is CCCN1CCN(c2ncc(Br)cc2CNC2CC2)CC1. The van der Waals surface area contributed by atoms with Crippen molar-refractivity contribution in [1.82, 2.24) is 15.2 Å². The van der Waals surface area contributed by atoms with Crippen LogP contribution in [0, 0.1) is 0 Å². The fraction of sp³-hybridized carbons (Fsp3) is 0.688. The summed E-state index contributed by atoms with van der Waals surface area (Å²) in [5.74, 6) is 1.17. The van der Waals surface area contributed by atoms with Crippen LogP contribution in [0.3, 0.4) is 0 Å². The van der Waals surface area contributed by atoms with Gasteiger partial charge in [-0.1, -0.05) is 6.92 Å². The predicted molar refractivity (Wildman–Crippen MR) is 90.7 cm³/mol. The monoisotopic (exact) mass is 352 g/mol. The van der Waals surface area contributed by atoms with Crippen molar-refractivity contribution in [3.63, 3.8) is 0 Å². The average molecular weight is 353 g/mol. The molecule has 1 saturated heterocycles. The van der Waals surface area contributed by atoms with Crippen LogP contribution in [-0.2, 0) is 6.54 Å². The van der Waals surface area contributed by atoms with E-state index in [1.54, 1.807) is 0 Å². The first-order chi connectivity index (χ1) is 10.3. The summed E-state index contributed by atoms with van der Waals surface area (Å²) in [5, 5.41) is 3.61. The van der Waals surface area contributed by atoms with Crippen molar-refractivity contribution in [2.45, 2.75) is 38.8 Å². The zero-order valence-corrected chi connectivity index (χ0v) is 14.4. The molecule has 0 spiro atoms. The Kier molecular flexibility index (Phi) is 5.14. The Bertz CT molecular complexity index is 467. The van der Waals surface area contributed by atoms with Crippen molar-refractivity contribution in [1.29, 1.82) is 0 Å². The molecule has 1 aliphatic heterocycles. The maximum atomic E-state index is 4.69. The lowest BCUT2D eigenvalue weighted by molar-refractivity contribution is 0.258. The number of anilines is 1. The van der Waals surface area contributed by atoms with Crippen LogP contribution in [0.2, 0.25) is 0 Å². The van der Waals surface area contributed by atoms with E-state index < -0.39 is 0 Å². The van der Waals surface area contributed by atoms with Crippen LogP contribution in [0.1, 0.15) is 31.7 Å². The second-order valence-corrected chi connectivity index (χ2v) is 7.04. The van der Waals surface area contributed by atoms with Crippen molar-refractivity contribution in [3.05, 3.63) is 22.3 Å². The number of hydrogen-bond donors (Lipinski definition) is 1. The number of hydrogen-bond acceptors (Lipinski definition) is 4. The smallest absolute Gasteiger partial charge is 0.133 e. The first-order valence-corrected chi connectivity index (χ1v) is 8.90. The van der Waals surface area contributed by atoms with Gasteiger partial charge in [0.25, 0.3) is 0 Å². The third kappa shape index (κ3) is 4.18. The van der Waals surface area contributed by atoms with Gasteiger partial charge in [0, 0.05) is 55.0 Å². The summed E-state index contributed by atoms with van der Waals surface area (Å²) < 4.78 is 1.07. The van der Waals surface area contributed by atoms with Crippen LogP contribution >= 0.6 is 15.9 Å². The van der Waals surface area contributed by atoms with Crippen LogP contribution < -0.4 is 10.2 Å². The molecule has 1 aromatic rings. The van der Waals surface area contributed by atoms with Gasteiger partial charge < -0.3 is 10.2 Å². The van der Waals surface area contributed by atoms with E-state index in [4.69, 9.17) is 4.98 Å². The van der Waals surface area contributed by atoms with Crippen LogP contribution in [0.25, 0.3) is 0 Å². The van der Waals surface area contributed by atoms with Crippen LogP contribution in [0.4, 0.5) is 5.82 Å². The minimum atomic E-state index is 0.734. The number of nitrogens with zero attached hydrogens (tertiary/aromatic N) is 3. The molecule has 5 heteroatoms. The fourth-order valence-corrected chi connectivity index (χ4v) is 3.31. The van der Waals surface area contributed by atoms with E-state index in [1.165, 1.54) is 37.2 Å². The molecule has 0 unspecified atom stereocenters. The van der Waals surface area contributed by atoms with Crippen molar-refractivity contribution in [2.24, 2.45) is 0 Å². The molecule has 21 heavy (non-hydrogen) atoms. The Hall–Kier alpha value is -0.650. The summed E-state index contributed by atoms with van der Waals surface area (Å²) in [6.07, 6.45) is 5.82. The van der Waals surface area contributed by atoms with E-state index in [-0.39, 0.29) is 0 Å².